The van der Waals surface area contributed by atoms with Crippen molar-refractivity contribution in [3.8, 4) is 0 Å². The number of carbonyl (C=O) groups is 1. The zero-order chi connectivity index (χ0) is 17.5. The first kappa shape index (κ1) is 16.2. The van der Waals surface area contributed by atoms with Crippen LogP contribution in [0, 0.1) is 10.1 Å². The number of aromatic nitrogens is 1. The summed E-state index contributed by atoms with van der Waals surface area (Å²) in [6.07, 6.45) is 1.34. The van der Waals surface area contributed by atoms with Crippen LogP contribution in [0.15, 0.2) is 59.6 Å². The van der Waals surface area contributed by atoms with Gasteiger partial charge in [-0.05, 0) is 30.3 Å². The molecular weight excluding hydrogens is 352 g/mol. The minimum atomic E-state index is -4.00. The SMILES string of the molecule is O=C(S)c1ccc2c(ccn2S(=O)(=O)c2cccc([N+](=O)[O-])c2)c1. The lowest BCUT2D eigenvalue weighted by molar-refractivity contribution is -0.385. The predicted octanol–water partition coefficient (Wildman–Crippen LogP) is 2.86. The maximum atomic E-state index is 12.8. The summed E-state index contributed by atoms with van der Waals surface area (Å²) >= 11 is 3.74. The van der Waals surface area contributed by atoms with E-state index in [0.29, 0.717) is 16.5 Å². The fourth-order valence-corrected chi connectivity index (χ4v) is 3.86. The van der Waals surface area contributed by atoms with Crippen LogP contribution in [-0.2, 0) is 10.0 Å². The molecule has 0 saturated heterocycles. The molecule has 1 aromatic heterocycles. The van der Waals surface area contributed by atoms with Crippen LogP contribution in [0.5, 0.6) is 0 Å². The molecule has 3 aromatic rings. The second-order valence-corrected chi connectivity index (χ2v) is 7.17. The second-order valence-electron chi connectivity index (χ2n) is 4.95. The Morgan fingerprint density at radius 3 is 2.54 bits per heavy atom. The number of nitro groups is 1. The molecule has 2 aromatic carbocycles. The van der Waals surface area contributed by atoms with Crippen molar-refractivity contribution in [2.24, 2.45) is 0 Å². The number of hydrogen-bond donors (Lipinski definition) is 1. The Hall–Kier alpha value is -2.65. The molecule has 0 aliphatic heterocycles. The van der Waals surface area contributed by atoms with Crippen molar-refractivity contribution in [2.45, 2.75) is 4.90 Å². The highest BCUT2D eigenvalue weighted by Crippen LogP contribution is 2.25. The average Bonchev–Trinajstić information content (AvgIpc) is 2.98. The molecule has 0 unspecified atom stereocenters. The molecule has 7 nitrogen and oxygen atoms in total. The summed E-state index contributed by atoms with van der Waals surface area (Å²) in [4.78, 5) is 21.3. The molecule has 0 amide bonds. The molecule has 0 fully saturated rings. The van der Waals surface area contributed by atoms with Crippen LogP contribution in [0.4, 0.5) is 5.69 Å². The van der Waals surface area contributed by atoms with Crippen molar-refractivity contribution in [2.75, 3.05) is 0 Å². The first-order valence-electron chi connectivity index (χ1n) is 6.65. The van der Waals surface area contributed by atoms with Crippen molar-refractivity contribution in [1.82, 2.24) is 3.97 Å². The van der Waals surface area contributed by atoms with Crippen molar-refractivity contribution in [3.63, 3.8) is 0 Å². The maximum absolute atomic E-state index is 12.8. The van der Waals surface area contributed by atoms with E-state index in [0.717, 1.165) is 10.0 Å². The summed E-state index contributed by atoms with van der Waals surface area (Å²) in [6.45, 7) is 0. The summed E-state index contributed by atoms with van der Waals surface area (Å²) in [5.74, 6) is 0. The maximum Gasteiger partial charge on any atom is 0.270 e. The predicted molar refractivity (Wildman–Crippen MR) is 90.9 cm³/mol. The molecule has 0 spiro atoms. The molecular formula is C15H10N2O5S2. The number of carbonyl (C=O) groups excluding carboxylic acids is 1. The molecule has 0 aliphatic carbocycles. The van der Waals surface area contributed by atoms with Crippen LogP contribution in [-0.4, -0.2) is 22.4 Å². The first-order valence-corrected chi connectivity index (χ1v) is 8.54. The molecule has 0 bridgehead atoms. The number of thiol groups is 1. The van der Waals surface area contributed by atoms with Crippen molar-refractivity contribution in [3.05, 3.63) is 70.4 Å². The zero-order valence-electron chi connectivity index (χ0n) is 12.0. The van der Waals surface area contributed by atoms with Gasteiger partial charge in [-0.25, -0.2) is 12.4 Å². The quantitative estimate of drug-likeness (QED) is 0.437. The Kier molecular flexibility index (Phi) is 3.90. The lowest BCUT2D eigenvalue weighted by Gasteiger charge is -2.08. The van der Waals surface area contributed by atoms with Crippen LogP contribution >= 0.6 is 12.6 Å². The smallest absolute Gasteiger partial charge is 0.270 e. The number of benzene rings is 2. The van der Waals surface area contributed by atoms with E-state index in [9.17, 15) is 23.3 Å². The number of non-ortho nitro benzene ring substituents is 1. The highest BCUT2D eigenvalue weighted by atomic mass is 32.2. The Morgan fingerprint density at radius 2 is 1.88 bits per heavy atom. The molecule has 9 heteroatoms. The van der Waals surface area contributed by atoms with Gasteiger partial charge in [0.25, 0.3) is 15.7 Å². The summed E-state index contributed by atoms with van der Waals surface area (Å²) in [6, 6.07) is 10.9. The molecule has 0 saturated carbocycles. The molecule has 0 atom stereocenters. The fraction of sp³-hybridized carbons (Fsp3) is 0. The van der Waals surface area contributed by atoms with Gasteiger partial charge in [-0.2, -0.15) is 0 Å². The number of fused-ring (bicyclic) bond motifs is 1. The Labute approximate surface area is 142 Å². The molecule has 1 heterocycles. The summed E-state index contributed by atoms with van der Waals surface area (Å²) < 4.78 is 26.5. The number of hydrogen-bond acceptors (Lipinski definition) is 5. The van der Waals surface area contributed by atoms with Crippen molar-refractivity contribution in [1.29, 1.82) is 0 Å². The van der Waals surface area contributed by atoms with Crippen LogP contribution in [0.3, 0.4) is 0 Å². The Morgan fingerprint density at radius 1 is 1.12 bits per heavy atom. The van der Waals surface area contributed by atoms with Crippen LogP contribution in [0.2, 0.25) is 0 Å². The lowest BCUT2D eigenvalue weighted by Crippen LogP contribution is -2.12. The van der Waals surface area contributed by atoms with Gasteiger partial charge in [0.05, 0.1) is 15.3 Å². The normalized spacial score (nSPS) is 11.5. The third kappa shape index (κ3) is 2.68. The first-order chi connectivity index (χ1) is 11.3. The average molecular weight is 362 g/mol. The van der Waals surface area contributed by atoms with Gasteiger partial charge in [-0.3, -0.25) is 14.9 Å². The highest BCUT2D eigenvalue weighted by Gasteiger charge is 2.21. The van der Waals surface area contributed by atoms with Gasteiger partial charge in [-0.1, -0.05) is 6.07 Å². The third-order valence-electron chi connectivity index (χ3n) is 3.49. The van der Waals surface area contributed by atoms with E-state index in [2.05, 4.69) is 12.6 Å². The van der Waals surface area contributed by atoms with Gasteiger partial charge in [0.1, 0.15) is 0 Å². The van der Waals surface area contributed by atoms with Gasteiger partial charge in [-0.15, -0.1) is 12.6 Å². The summed E-state index contributed by atoms with van der Waals surface area (Å²) in [5, 5.41) is 11.0. The van der Waals surface area contributed by atoms with Gasteiger partial charge in [0.15, 0.2) is 0 Å². The molecule has 122 valence electrons. The van der Waals surface area contributed by atoms with Crippen molar-refractivity contribution >= 4 is 44.4 Å². The van der Waals surface area contributed by atoms with E-state index >= 15 is 0 Å². The van der Waals surface area contributed by atoms with E-state index < -0.39 is 20.1 Å². The molecule has 0 N–H and O–H groups in total. The highest BCUT2D eigenvalue weighted by molar-refractivity contribution is 7.97. The lowest BCUT2D eigenvalue weighted by atomic mass is 10.2. The summed E-state index contributed by atoms with van der Waals surface area (Å²) in [7, 11) is -4.00. The molecule has 0 aliphatic rings. The molecule has 24 heavy (non-hydrogen) atoms. The minimum Gasteiger partial charge on any atom is -0.282 e. The number of nitro benzene ring substituents is 1. The van der Waals surface area contributed by atoms with E-state index in [4.69, 9.17) is 0 Å². The molecule has 3 rings (SSSR count). The number of nitrogens with zero attached hydrogens (tertiary/aromatic N) is 2. The van der Waals surface area contributed by atoms with Gasteiger partial charge in [0, 0.05) is 29.3 Å². The monoisotopic (exact) mass is 362 g/mol. The van der Waals surface area contributed by atoms with Gasteiger partial charge < -0.3 is 0 Å². The Balaban J connectivity index is 2.17. The van der Waals surface area contributed by atoms with E-state index in [1.807, 2.05) is 0 Å². The van der Waals surface area contributed by atoms with Crippen molar-refractivity contribution < 1.29 is 18.1 Å². The van der Waals surface area contributed by atoms with E-state index in [1.54, 1.807) is 6.07 Å². The fourth-order valence-electron chi connectivity index (χ4n) is 2.33. The number of rotatable bonds is 4. The van der Waals surface area contributed by atoms with Crippen LogP contribution in [0.1, 0.15) is 10.4 Å². The largest absolute Gasteiger partial charge is 0.282 e. The standard InChI is InChI=1S/C15H10N2O5S2/c18-15(23)11-4-5-14-10(8-11)6-7-16(14)24(21,22)13-3-1-2-12(9-13)17(19)20/h1-9H,(H,18,23). The topological polar surface area (TPSA) is 99.3 Å². The van der Waals surface area contributed by atoms with Gasteiger partial charge >= 0.3 is 0 Å². The van der Waals surface area contributed by atoms with Crippen LogP contribution < -0.4 is 0 Å². The van der Waals surface area contributed by atoms with E-state index in [-0.39, 0.29) is 10.6 Å². The van der Waals surface area contributed by atoms with Gasteiger partial charge in [0.2, 0.25) is 5.12 Å². The minimum absolute atomic E-state index is 0.191. The second kappa shape index (κ2) is 5.77. The molecule has 0 radical (unpaired) electrons. The summed E-state index contributed by atoms with van der Waals surface area (Å²) in [5.41, 5.74) is 0.395. The third-order valence-corrected chi connectivity index (χ3v) is 5.43. The Bertz CT molecular complexity index is 1090. The van der Waals surface area contributed by atoms with Crippen LogP contribution in [0.25, 0.3) is 10.9 Å². The van der Waals surface area contributed by atoms with E-state index in [1.165, 1.54) is 42.6 Å². The zero-order valence-corrected chi connectivity index (χ0v) is 13.7.